The highest BCUT2D eigenvalue weighted by molar-refractivity contribution is 5.38. The van der Waals surface area contributed by atoms with Crippen LogP contribution in [-0.4, -0.2) is 18.9 Å². The summed E-state index contributed by atoms with van der Waals surface area (Å²) in [7, 11) is 0. The molecule has 22 heavy (non-hydrogen) atoms. The Hall–Kier alpha value is -0.900. The van der Waals surface area contributed by atoms with E-state index in [1.54, 1.807) is 0 Å². The molecule has 0 radical (unpaired) electrons. The van der Waals surface area contributed by atoms with Crippen LogP contribution in [0, 0.1) is 26.7 Å². The molecule has 1 N–H and O–H groups in total. The van der Waals surface area contributed by atoms with Gasteiger partial charge in [0.05, 0.1) is 6.10 Å². The van der Waals surface area contributed by atoms with Crippen molar-refractivity contribution in [2.24, 2.45) is 5.92 Å². The number of aryl methyl sites for hydroxylation is 3. The van der Waals surface area contributed by atoms with Crippen LogP contribution >= 0.6 is 0 Å². The van der Waals surface area contributed by atoms with Crippen molar-refractivity contribution in [2.75, 3.05) is 6.54 Å². The third-order valence-corrected chi connectivity index (χ3v) is 4.72. The van der Waals surface area contributed by atoms with Gasteiger partial charge in [0, 0.05) is 12.0 Å². The van der Waals surface area contributed by atoms with E-state index in [2.05, 4.69) is 59.0 Å². The molecule has 2 rings (SSSR count). The molecule has 4 atom stereocenters. The number of hydrogen-bond acceptors (Lipinski definition) is 3. The van der Waals surface area contributed by atoms with Crippen LogP contribution in [0.15, 0.2) is 12.1 Å². The first kappa shape index (κ1) is 17.5. The normalized spacial score (nSPS) is 26.9. The molecule has 4 unspecified atom stereocenters. The van der Waals surface area contributed by atoms with Crippen molar-refractivity contribution in [1.29, 1.82) is 0 Å². The van der Waals surface area contributed by atoms with Crippen molar-refractivity contribution in [2.45, 2.75) is 73.0 Å². The van der Waals surface area contributed by atoms with Gasteiger partial charge >= 0.3 is 0 Å². The molecule has 0 bridgehead atoms. The van der Waals surface area contributed by atoms with Crippen molar-refractivity contribution in [3.63, 3.8) is 0 Å². The number of hydrogen-bond donors (Lipinski definition) is 1. The third-order valence-electron chi connectivity index (χ3n) is 4.72. The van der Waals surface area contributed by atoms with Crippen LogP contribution in [-0.2, 0) is 9.47 Å². The largest absolute Gasteiger partial charge is 0.345 e. The first-order valence-corrected chi connectivity index (χ1v) is 8.58. The first-order valence-electron chi connectivity index (χ1n) is 8.58. The number of ether oxygens (including phenoxy) is 2. The van der Waals surface area contributed by atoms with E-state index in [0.29, 0.717) is 5.92 Å². The summed E-state index contributed by atoms with van der Waals surface area (Å²) in [5, 5.41) is 3.44. The molecule has 0 saturated carbocycles. The zero-order valence-electron chi connectivity index (χ0n) is 14.9. The predicted molar refractivity (Wildman–Crippen MR) is 90.9 cm³/mol. The van der Waals surface area contributed by atoms with Gasteiger partial charge in [0.25, 0.3) is 0 Å². The minimum atomic E-state index is -0.266. The van der Waals surface area contributed by atoms with Gasteiger partial charge < -0.3 is 9.47 Å². The second-order valence-corrected chi connectivity index (χ2v) is 6.62. The van der Waals surface area contributed by atoms with Crippen LogP contribution in [0.5, 0.6) is 0 Å². The van der Waals surface area contributed by atoms with Crippen LogP contribution < -0.4 is 5.32 Å². The molecule has 1 fully saturated rings. The van der Waals surface area contributed by atoms with Crippen LogP contribution in [0.2, 0.25) is 0 Å². The molecule has 124 valence electrons. The fraction of sp³-hybridized carbons (Fsp3) is 0.684. The van der Waals surface area contributed by atoms with Crippen LogP contribution in [0.4, 0.5) is 0 Å². The van der Waals surface area contributed by atoms with Gasteiger partial charge in [-0.3, -0.25) is 5.32 Å². The zero-order chi connectivity index (χ0) is 16.3. The summed E-state index contributed by atoms with van der Waals surface area (Å²) >= 11 is 0. The second kappa shape index (κ2) is 7.58. The molecule has 0 spiro atoms. The van der Waals surface area contributed by atoms with Crippen molar-refractivity contribution >= 4 is 0 Å². The van der Waals surface area contributed by atoms with Crippen molar-refractivity contribution < 1.29 is 9.47 Å². The summed E-state index contributed by atoms with van der Waals surface area (Å²) < 4.78 is 12.5. The lowest BCUT2D eigenvalue weighted by Gasteiger charge is -2.39. The van der Waals surface area contributed by atoms with Gasteiger partial charge in [0.1, 0.15) is 6.23 Å². The molecule has 1 aliphatic heterocycles. The maximum atomic E-state index is 6.34. The molecule has 1 heterocycles. The van der Waals surface area contributed by atoms with Crippen molar-refractivity contribution in [1.82, 2.24) is 5.32 Å². The first-order chi connectivity index (χ1) is 10.5. The Bertz CT molecular complexity index is 477. The summed E-state index contributed by atoms with van der Waals surface area (Å²) in [6.07, 6.45) is 2.10. The molecular formula is C19H31NO2. The monoisotopic (exact) mass is 305 g/mol. The van der Waals surface area contributed by atoms with Crippen LogP contribution in [0.1, 0.15) is 62.2 Å². The highest BCUT2D eigenvalue weighted by Crippen LogP contribution is 2.36. The summed E-state index contributed by atoms with van der Waals surface area (Å²) in [6, 6.07) is 4.42. The average molecular weight is 305 g/mol. The summed E-state index contributed by atoms with van der Waals surface area (Å²) in [6.45, 7) is 14.0. The van der Waals surface area contributed by atoms with E-state index in [1.807, 2.05) is 0 Å². The molecule has 0 aliphatic carbocycles. The molecule has 3 nitrogen and oxygen atoms in total. The molecule has 1 aliphatic rings. The Kier molecular flexibility index (Phi) is 6.01. The highest BCUT2D eigenvalue weighted by atomic mass is 16.7. The van der Waals surface area contributed by atoms with Gasteiger partial charge in [-0.15, -0.1) is 0 Å². The van der Waals surface area contributed by atoms with Gasteiger partial charge in [-0.25, -0.2) is 0 Å². The fourth-order valence-electron chi connectivity index (χ4n) is 3.35. The molecule has 3 heteroatoms. The lowest BCUT2D eigenvalue weighted by Crippen LogP contribution is -2.44. The van der Waals surface area contributed by atoms with Gasteiger partial charge in [-0.1, -0.05) is 44.9 Å². The number of benzene rings is 1. The van der Waals surface area contributed by atoms with Gasteiger partial charge in [-0.05, 0) is 44.4 Å². The van der Waals surface area contributed by atoms with Crippen molar-refractivity contribution in [3.05, 3.63) is 34.4 Å². The smallest absolute Gasteiger partial charge is 0.186 e. The average Bonchev–Trinajstić information content (AvgIpc) is 2.45. The van der Waals surface area contributed by atoms with Gasteiger partial charge in [0.2, 0.25) is 0 Å². The summed E-state index contributed by atoms with van der Waals surface area (Å²) in [5.74, 6) is 0.540. The number of nitrogens with one attached hydrogen (secondary N) is 1. The van der Waals surface area contributed by atoms with E-state index >= 15 is 0 Å². The van der Waals surface area contributed by atoms with E-state index in [1.165, 1.54) is 22.3 Å². The minimum Gasteiger partial charge on any atom is -0.345 e. The van der Waals surface area contributed by atoms with Crippen LogP contribution in [0.3, 0.4) is 0 Å². The Balaban J connectivity index is 2.28. The van der Waals surface area contributed by atoms with E-state index < -0.39 is 0 Å². The Morgan fingerprint density at radius 1 is 1.14 bits per heavy atom. The second-order valence-electron chi connectivity index (χ2n) is 6.62. The van der Waals surface area contributed by atoms with Gasteiger partial charge in [-0.2, -0.15) is 0 Å². The molecular weight excluding hydrogens is 274 g/mol. The fourth-order valence-corrected chi connectivity index (χ4v) is 3.35. The van der Waals surface area contributed by atoms with E-state index in [-0.39, 0.29) is 18.6 Å². The summed E-state index contributed by atoms with van der Waals surface area (Å²) in [4.78, 5) is 0. The third kappa shape index (κ3) is 3.89. The molecule has 1 aromatic carbocycles. The maximum absolute atomic E-state index is 6.34. The molecule has 0 aromatic heterocycles. The van der Waals surface area contributed by atoms with Gasteiger partial charge in [0.15, 0.2) is 6.29 Å². The summed E-state index contributed by atoms with van der Waals surface area (Å²) in [5.41, 5.74) is 4.99. The highest BCUT2D eigenvalue weighted by Gasteiger charge is 2.34. The lowest BCUT2D eigenvalue weighted by molar-refractivity contribution is -0.263. The molecule has 1 aromatic rings. The standard InChI is InChI=1S/C19H31NO2/c1-7-13(4)16-11-17(20-8-2)22-19(21-16)18-14(5)9-12(3)10-15(18)6/h9-10,13,16-17,19-20H,7-8,11H2,1-6H3. The van der Waals surface area contributed by atoms with E-state index in [0.717, 1.165) is 19.4 Å². The van der Waals surface area contributed by atoms with E-state index in [4.69, 9.17) is 9.47 Å². The molecule has 0 amide bonds. The molecule has 1 saturated heterocycles. The predicted octanol–water partition coefficient (Wildman–Crippen LogP) is 4.40. The number of rotatable bonds is 5. The maximum Gasteiger partial charge on any atom is 0.186 e. The van der Waals surface area contributed by atoms with E-state index in [9.17, 15) is 0 Å². The van der Waals surface area contributed by atoms with Crippen molar-refractivity contribution in [3.8, 4) is 0 Å². The Morgan fingerprint density at radius 2 is 1.77 bits per heavy atom. The van der Waals surface area contributed by atoms with Crippen LogP contribution in [0.25, 0.3) is 0 Å². The Morgan fingerprint density at radius 3 is 2.32 bits per heavy atom. The minimum absolute atomic E-state index is 0.0721. The quantitative estimate of drug-likeness (QED) is 0.874. The Labute approximate surface area is 135 Å². The zero-order valence-corrected chi connectivity index (χ0v) is 14.9. The lowest BCUT2D eigenvalue weighted by atomic mass is 9.95. The SMILES string of the molecule is CCNC1CC(C(C)CC)OC(c2c(C)cc(C)cc2C)O1. The topological polar surface area (TPSA) is 30.5 Å².